The van der Waals surface area contributed by atoms with Crippen LogP contribution in [-0.4, -0.2) is 11.9 Å². The molecular formula is C10H9ClO2. The lowest BCUT2D eigenvalue weighted by Crippen LogP contribution is -2.23. The van der Waals surface area contributed by atoms with Crippen LogP contribution in [0.3, 0.4) is 0 Å². The Morgan fingerprint density at radius 3 is 3.08 bits per heavy atom. The second kappa shape index (κ2) is 3.04. The summed E-state index contributed by atoms with van der Waals surface area (Å²) < 4.78 is 5.48. The Kier molecular flexibility index (Phi) is 2.00. The maximum Gasteiger partial charge on any atom is 0.170 e. The van der Waals surface area contributed by atoms with E-state index in [0.29, 0.717) is 22.8 Å². The molecule has 1 aliphatic rings. The molecule has 0 amide bonds. The van der Waals surface area contributed by atoms with Crippen molar-refractivity contribution in [1.29, 1.82) is 0 Å². The van der Waals surface area contributed by atoms with Crippen LogP contribution in [0.25, 0.3) is 0 Å². The molecule has 1 unspecified atom stereocenters. The van der Waals surface area contributed by atoms with E-state index in [4.69, 9.17) is 16.3 Å². The maximum absolute atomic E-state index is 11.5. The van der Waals surface area contributed by atoms with Gasteiger partial charge in [-0.2, -0.15) is 0 Å². The van der Waals surface area contributed by atoms with Crippen molar-refractivity contribution in [3.05, 3.63) is 28.8 Å². The van der Waals surface area contributed by atoms with Gasteiger partial charge in [-0.15, -0.1) is 0 Å². The average molecular weight is 197 g/mol. The lowest BCUT2D eigenvalue weighted by molar-refractivity contribution is 0.0871. The van der Waals surface area contributed by atoms with Crippen LogP contribution in [0.5, 0.6) is 5.75 Å². The highest BCUT2D eigenvalue weighted by Gasteiger charge is 2.23. The van der Waals surface area contributed by atoms with Gasteiger partial charge in [-0.25, -0.2) is 0 Å². The van der Waals surface area contributed by atoms with E-state index >= 15 is 0 Å². The number of ether oxygens (including phenoxy) is 1. The number of benzene rings is 1. The Morgan fingerprint density at radius 2 is 2.31 bits per heavy atom. The number of ketones is 1. The summed E-state index contributed by atoms with van der Waals surface area (Å²) in [6, 6.07) is 5.13. The van der Waals surface area contributed by atoms with E-state index in [1.54, 1.807) is 18.2 Å². The topological polar surface area (TPSA) is 26.3 Å². The lowest BCUT2D eigenvalue weighted by atomic mass is 10.0. The maximum atomic E-state index is 11.5. The third-order valence-electron chi connectivity index (χ3n) is 2.04. The summed E-state index contributed by atoms with van der Waals surface area (Å²) >= 11 is 5.77. The number of halogens is 1. The molecule has 0 saturated carbocycles. The normalized spacial score (nSPS) is 20.8. The van der Waals surface area contributed by atoms with Crippen molar-refractivity contribution in [2.75, 3.05) is 0 Å². The molecule has 3 heteroatoms. The van der Waals surface area contributed by atoms with Crippen molar-refractivity contribution < 1.29 is 9.53 Å². The Balaban J connectivity index is 2.49. The van der Waals surface area contributed by atoms with Crippen LogP contribution < -0.4 is 4.74 Å². The first kappa shape index (κ1) is 8.57. The van der Waals surface area contributed by atoms with Gasteiger partial charge in [-0.1, -0.05) is 11.6 Å². The fraction of sp³-hybridized carbons (Fsp3) is 0.300. The van der Waals surface area contributed by atoms with Gasteiger partial charge >= 0.3 is 0 Å². The van der Waals surface area contributed by atoms with Crippen LogP contribution in [-0.2, 0) is 0 Å². The van der Waals surface area contributed by atoms with Gasteiger partial charge in [0.2, 0.25) is 0 Å². The second-order valence-electron chi connectivity index (χ2n) is 3.20. The third-order valence-corrected chi connectivity index (χ3v) is 2.28. The SMILES string of the molecule is CC1CC(=O)c2cc(Cl)ccc2O1. The van der Waals surface area contributed by atoms with Crippen molar-refractivity contribution >= 4 is 17.4 Å². The number of hydrogen-bond donors (Lipinski definition) is 0. The average Bonchev–Trinajstić information content (AvgIpc) is 2.06. The van der Waals surface area contributed by atoms with Gasteiger partial charge in [0.1, 0.15) is 11.9 Å². The molecule has 68 valence electrons. The summed E-state index contributed by atoms with van der Waals surface area (Å²) in [6.45, 7) is 1.88. The fourth-order valence-corrected chi connectivity index (χ4v) is 1.62. The minimum absolute atomic E-state index is 0.0267. The van der Waals surface area contributed by atoms with E-state index in [1.165, 1.54) is 0 Å². The number of hydrogen-bond acceptors (Lipinski definition) is 2. The van der Waals surface area contributed by atoms with Gasteiger partial charge in [0, 0.05) is 11.4 Å². The summed E-state index contributed by atoms with van der Waals surface area (Å²) in [5.41, 5.74) is 0.602. The minimum atomic E-state index is -0.0267. The highest BCUT2D eigenvalue weighted by molar-refractivity contribution is 6.31. The van der Waals surface area contributed by atoms with E-state index in [-0.39, 0.29) is 11.9 Å². The smallest absolute Gasteiger partial charge is 0.170 e. The number of rotatable bonds is 0. The molecule has 0 aromatic heterocycles. The van der Waals surface area contributed by atoms with Crippen LogP contribution in [0.15, 0.2) is 18.2 Å². The van der Waals surface area contributed by atoms with Gasteiger partial charge < -0.3 is 4.74 Å². The first-order valence-corrected chi connectivity index (χ1v) is 4.54. The van der Waals surface area contributed by atoms with Gasteiger partial charge in [0.05, 0.1) is 5.56 Å². The van der Waals surface area contributed by atoms with Crippen LogP contribution in [0, 0.1) is 0 Å². The Morgan fingerprint density at radius 1 is 1.54 bits per heavy atom. The fourth-order valence-electron chi connectivity index (χ4n) is 1.45. The lowest BCUT2D eigenvalue weighted by Gasteiger charge is -2.21. The van der Waals surface area contributed by atoms with E-state index < -0.39 is 0 Å². The first-order chi connectivity index (χ1) is 6.16. The Hall–Kier alpha value is -1.02. The molecule has 1 aromatic rings. The largest absolute Gasteiger partial charge is 0.489 e. The summed E-state index contributed by atoms with van der Waals surface area (Å²) in [4.78, 5) is 11.5. The quantitative estimate of drug-likeness (QED) is 0.638. The molecule has 0 radical (unpaired) electrons. The molecule has 1 heterocycles. The first-order valence-electron chi connectivity index (χ1n) is 4.16. The van der Waals surface area contributed by atoms with Gasteiger partial charge in [-0.3, -0.25) is 4.79 Å². The third kappa shape index (κ3) is 1.54. The molecule has 13 heavy (non-hydrogen) atoms. The molecule has 2 nitrogen and oxygen atoms in total. The summed E-state index contributed by atoms with van der Waals surface area (Å²) in [7, 11) is 0. The molecule has 0 spiro atoms. The van der Waals surface area contributed by atoms with Crippen LogP contribution in [0.2, 0.25) is 5.02 Å². The van der Waals surface area contributed by atoms with Crippen LogP contribution >= 0.6 is 11.6 Å². The molecule has 1 aromatic carbocycles. The summed E-state index contributed by atoms with van der Waals surface area (Å²) in [5, 5.41) is 0.574. The monoisotopic (exact) mass is 196 g/mol. The minimum Gasteiger partial charge on any atom is -0.489 e. The summed E-state index contributed by atoms with van der Waals surface area (Å²) in [6.07, 6.45) is 0.411. The van der Waals surface area contributed by atoms with Gasteiger partial charge in [0.15, 0.2) is 5.78 Å². The molecule has 0 fully saturated rings. The number of fused-ring (bicyclic) bond motifs is 1. The van der Waals surface area contributed by atoms with E-state index in [1.807, 2.05) is 6.92 Å². The van der Waals surface area contributed by atoms with Crippen molar-refractivity contribution in [2.24, 2.45) is 0 Å². The molecule has 0 N–H and O–H groups in total. The molecule has 0 bridgehead atoms. The van der Waals surface area contributed by atoms with Crippen LogP contribution in [0.4, 0.5) is 0 Å². The number of carbonyl (C=O) groups is 1. The summed E-state index contributed by atoms with van der Waals surface area (Å²) in [5.74, 6) is 0.754. The van der Waals surface area contributed by atoms with Crippen molar-refractivity contribution in [1.82, 2.24) is 0 Å². The molecule has 1 atom stereocenters. The second-order valence-corrected chi connectivity index (χ2v) is 3.63. The molecule has 1 aliphatic heterocycles. The molecule has 0 saturated heterocycles. The predicted molar refractivity (Wildman–Crippen MR) is 50.5 cm³/mol. The zero-order valence-electron chi connectivity index (χ0n) is 7.21. The standard InChI is InChI=1S/C10H9ClO2/c1-6-4-9(12)8-5-7(11)2-3-10(8)13-6/h2-3,5-6H,4H2,1H3. The van der Waals surface area contributed by atoms with Gasteiger partial charge in [0.25, 0.3) is 0 Å². The zero-order chi connectivity index (χ0) is 9.42. The van der Waals surface area contributed by atoms with E-state index in [9.17, 15) is 4.79 Å². The highest BCUT2D eigenvalue weighted by Crippen LogP contribution is 2.29. The Labute approximate surface area is 81.5 Å². The van der Waals surface area contributed by atoms with Crippen molar-refractivity contribution in [3.8, 4) is 5.75 Å². The molecular weight excluding hydrogens is 188 g/mol. The van der Waals surface area contributed by atoms with Gasteiger partial charge in [-0.05, 0) is 25.1 Å². The predicted octanol–water partition coefficient (Wildman–Crippen LogP) is 2.69. The molecule has 2 rings (SSSR count). The Bertz CT molecular complexity index is 360. The number of Topliss-reactive ketones (excluding diaryl/α,β-unsaturated/α-hetero) is 1. The highest BCUT2D eigenvalue weighted by atomic mass is 35.5. The van der Waals surface area contributed by atoms with Crippen molar-refractivity contribution in [2.45, 2.75) is 19.4 Å². The van der Waals surface area contributed by atoms with Crippen molar-refractivity contribution in [3.63, 3.8) is 0 Å². The molecule has 0 aliphatic carbocycles. The number of carbonyl (C=O) groups excluding carboxylic acids is 1. The zero-order valence-corrected chi connectivity index (χ0v) is 7.97. The van der Waals surface area contributed by atoms with E-state index in [0.717, 1.165) is 0 Å². The van der Waals surface area contributed by atoms with Crippen LogP contribution in [0.1, 0.15) is 23.7 Å². The van der Waals surface area contributed by atoms with E-state index in [2.05, 4.69) is 0 Å².